The molecular formula is C40H29N3. The molecule has 0 radical (unpaired) electrons. The quantitative estimate of drug-likeness (QED) is 0.161. The van der Waals surface area contributed by atoms with Crippen molar-refractivity contribution in [2.45, 2.75) is 0 Å². The largest absolute Gasteiger partial charge is 0.354 e. The molecule has 0 atom stereocenters. The van der Waals surface area contributed by atoms with E-state index in [0.29, 0.717) is 11.4 Å². The minimum atomic E-state index is 0.432. The van der Waals surface area contributed by atoms with Crippen molar-refractivity contribution < 1.29 is 0 Å². The maximum Gasteiger partial charge on any atom is 0.0716 e. The van der Waals surface area contributed by atoms with E-state index in [0.717, 1.165) is 11.1 Å². The van der Waals surface area contributed by atoms with Gasteiger partial charge in [-0.2, -0.15) is 0 Å². The zero-order valence-electron chi connectivity index (χ0n) is 23.6. The number of aromatic amines is 1. The van der Waals surface area contributed by atoms with Crippen LogP contribution in [0.25, 0.3) is 59.8 Å². The van der Waals surface area contributed by atoms with E-state index in [2.05, 4.69) is 102 Å². The topological polar surface area (TPSA) is 52.0 Å². The first-order valence-corrected chi connectivity index (χ1v) is 14.3. The fourth-order valence-corrected chi connectivity index (χ4v) is 5.89. The normalized spacial score (nSPS) is 11.6. The van der Waals surface area contributed by atoms with Crippen molar-refractivity contribution >= 4 is 72.2 Å². The molecule has 1 aromatic heterocycles. The maximum absolute atomic E-state index is 8.05. The Kier molecular flexibility index (Phi) is 6.82. The third-order valence-corrected chi connectivity index (χ3v) is 8.01. The molecule has 2 N–H and O–H groups in total. The van der Waals surface area contributed by atoms with Gasteiger partial charge in [0.1, 0.15) is 0 Å². The maximum atomic E-state index is 8.05. The Morgan fingerprint density at radius 1 is 0.512 bits per heavy atom. The average Bonchev–Trinajstić information content (AvgIpc) is 3.47. The number of hydrogen-bond acceptors (Lipinski definition) is 2. The van der Waals surface area contributed by atoms with Gasteiger partial charge in [0.05, 0.1) is 16.9 Å². The molecule has 3 heteroatoms. The molecule has 43 heavy (non-hydrogen) atoms. The van der Waals surface area contributed by atoms with Crippen molar-refractivity contribution in [3.63, 3.8) is 0 Å². The monoisotopic (exact) mass is 551 g/mol. The van der Waals surface area contributed by atoms with E-state index in [1.165, 1.54) is 54.1 Å². The summed E-state index contributed by atoms with van der Waals surface area (Å²) < 4.78 is 0. The van der Waals surface area contributed by atoms with Gasteiger partial charge in [-0.25, -0.2) is 0 Å². The lowest BCUT2D eigenvalue weighted by molar-refractivity contribution is 1.47. The van der Waals surface area contributed by atoms with Crippen molar-refractivity contribution in [2.24, 2.45) is 4.99 Å². The van der Waals surface area contributed by atoms with Gasteiger partial charge < -0.3 is 10.4 Å². The third kappa shape index (κ3) is 4.87. The second-order valence-corrected chi connectivity index (χ2v) is 10.5. The molecule has 7 aromatic carbocycles. The summed E-state index contributed by atoms with van der Waals surface area (Å²) in [4.78, 5) is 7.62. The highest BCUT2D eigenvalue weighted by molar-refractivity contribution is 6.24. The van der Waals surface area contributed by atoms with Crippen molar-refractivity contribution in [1.29, 1.82) is 5.41 Å². The average molecular weight is 552 g/mol. The van der Waals surface area contributed by atoms with E-state index in [-0.39, 0.29) is 0 Å². The molecule has 204 valence electrons. The lowest BCUT2D eigenvalue weighted by Crippen LogP contribution is -1.95. The standard InChI is InChI=1S/C24H15N.C16H14N2/c1-2-6-16-15(5-1)9-10-18-17(16)11-13-21-19(18)12-14-22-20-7-3-4-8-23(20)25-24(21)22;1-18-16(14-10-6-3-7-11-14)12-15(17)13-8-4-2-5-9-13/h1-14,25H;2-12,17H,1H2/b;16-12-,17-15?. The van der Waals surface area contributed by atoms with E-state index in [9.17, 15) is 0 Å². The van der Waals surface area contributed by atoms with Crippen LogP contribution in [0.1, 0.15) is 11.1 Å². The number of para-hydroxylation sites is 1. The fourth-order valence-electron chi connectivity index (χ4n) is 5.89. The number of aliphatic imine (C=N–C) groups is 1. The summed E-state index contributed by atoms with van der Waals surface area (Å²) in [5.41, 5.74) is 5.41. The molecule has 0 saturated heterocycles. The number of nitrogens with one attached hydrogen (secondary N) is 2. The Hall–Kier alpha value is -5.80. The zero-order valence-corrected chi connectivity index (χ0v) is 23.6. The summed E-state index contributed by atoms with van der Waals surface area (Å²) in [7, 11) is 0. The van der Waals surface area contributed by atoms with Crippen molar-refractivity contribution in [3.8, 4) is 0 Å². The Morgan fingerprint density at radius 2 is 1.02 bits per heavy atom. The predicted molar refractivity (Wildman–Crippen MR) is 186 cm³/mol. The van der Waals surface area contributed by atoms with Crippen molar-refractivity contribution in [1.82, 2.24) is 4.98 Å². The lowest BCUT2D eigenvalue weighted by Gasteiger charge is -2.08. The minimum Gasteiger partial charge on any atom is -0.354 e. The molecule has 0 spiro atoms. The summed E-state index contributed by atoms with van der Waals surface area (Å²) >= 11 is 0. The zero-order chi connectivity index (χ0) is 29.2. The van der Waals surface area contributed by atoms with Gasteiger partial charge >= 0.3 is 0 Å². The summed E-state index contributed by atoms with van der Waals surface area (Å²) in [6.45, 7) is 3.57. The Balaban J connectivity index is 0.000000149. The first kappa shape index (κ1) is 26.1. The van der Waals surface area contributed by atoms with Crippen LogP contribution in [-0.2, 0) is 0 Å². The second kappa shape index (κ2) is 11.2. The molecule has 8 rings (SSSR count). The van der Waals surface area contributed by atoms with Gasteiger partial charge in [-0.05, 0) is 51.4 Å². The van der Waals surface area contributed by atoms with Gasteiger partial charge in [0, 0.05) is 27.2 Å². The Morgan fingerprint density at radius 3 is 1.74 bits per heavy atom. The van der Waals surface area contributed by atoms with Gasteiger partial charge in [-0.15, -0.1) is 0 Å². The highest BCUT2D eigenvalue weighted by Gasteiger charge is 2.10. The number of H-pyrrole nitrogens is 1. The van der Waals surface area contributed by atoms with E-state index in [1.807, 2.05) is 60.7 Å². The number of hydrogen-bond donors (Lipinski definition) is 2. The Labute approximate surface area is 250 Å². The highest BCUT2D eigenvalue weighted by Crippen LogP contribution is 2.36. The summed E-state index contributed by atoms with van der Waals surface area (Å²) in [5, 5.41) is 18.5. The van der Waals surface area contributed by atoms with Crippen LogP contribution in [0, 0.1) is 5.41 Å². The summed E-state index contributed by atoms with van der Waals surface area (Å²) in [6.07, 6.45) is 1.73. The van der Waals surface area contributed by atoms with Gasteiger partial charge in [0.25, 0.3) is 0 Å². The number of aromatic nitrogens is 1. The van der Waals surface area contributed by atoms with E-state index >= 15 is 0 Å². The van der Waals surface area contributed by atoms with Crippen LogP contribution in [0.4, 0.5) is 0 Å². The minimum absolute atomic E-state index is 0.432. The van der Waals surface area contributed by atoms with Crippen LogP contribution in [0.15, 0.2) is 157 Å². The van der Waals surface area contributed by atoms with Crippen LogP contribution in [0.5, 0.6) is 0 Å². The number of benzene rings is 7. The van der Waals surface area contributed by atoms with Crippen LogP contribution >= 0.6 is 0 Å². The van der Waals surface area contributed by atoms with Crippen LogP contribution in [-0.4, -0.2) is 17.4 Å². The van der Waals surface area contributed by atoms with E-state index in [4.69, 9.17) is 5.41 Å². The highest BCUT2D eigenvalue weighted by atomic mass is 14.7. The van der Waals surface area contributed by atoms with Crippen LogP contribution in [0.3, 0.4) is 0 Å². The molecule has 0 aliphatic carbocycles. The fraction of sp³-hybridized carbons (Fsp3) is 0. The smallest absolute Gasteiger partial charge is 0.0716 e. The van der Waals surface area contributed by atoms with Gasteiger partial charge in [0.2, 0.25) is 0 Å². The molecule has 8 aromatic rings. The third-order valence-electron chi connectivity index (χ3n) is 8.01. The lowest BCUT2D eigenvalue weighted by atomic mass is 9.96. The van der Waals surface area contributed by atoms with Crippen molar-refractivity contribution in [3.05, 3.63) is 163 Å². The SMILES string of the molecule is C=N/C(=C\C(=N)c1ccccc1)c1ccccc1.c1ccc2c(c1)ccc1c2ccc2c1ccc1c3ccccc3[nH]c12. The molecule has 0 bridgehead atoms. The van der Waals surface area contributed by atoms with Gasteiger partial charge in [-0.3, -0.25) is 4.99 Å². The predicted octanol–water partition coefficient (Wildman–Crippen LogP) is 10.6. The number of fused-ring (bicyclic) bond motifs is 9. The summed E-state index contributed by atoms with van der Waals surface area (Å²) in [6, 6.07) is 50.0. The number of allylic oxidation sites excluding steroid dienone is 1. The van der Waals surface area contributed by atoms with Gasteiger partial charge in [-0.1, -0.05) is 140 Å². The van der Waals surface area contributed by atoms with E-state index < -0.39 is 0 Å². The summed E-state index contributed by atoms with van der Waals surface area (Å²) in [5.74, 6) is 0. The number of rotatable bonds is 4. The van der Waals surface area contributed by atoms with Crippen LogP contribution in [0.2, 0.25) is 0 Å². The molecule has 1 heterocycles. The van der Waals surface area contributed by atoms with Gasteiger partial charge in [0.15, 0.2) is 0 Å². The first-order chi connectivity index (χ1) is 21.2. The second-order valence-electron chi connectivity index (χ2n) is 10.5. The number of nitrogens with zero attached hydrogens (tertiary/aromatic N) is 1. The van der Waals surface area contributed by atoms with Crippen molar-refractivity contribution in [2.75, 3.05) is 0 Å². The van der Waals surface area contributed by atoms with Crippen LogP contribution < -0.4 is 0 Å². The molecule has 0 fully saturated rings. The molecule has 3 nitrogen and oxygen atoms in total. The van der Waals surface area contributed by atoms with E-state index in [1.54, 1.807) is 6.08 Å². The molecule has 0 aliphatic heterocycles. The molecule has 0 amide bonds. The first-order valence-electron chi connectivity index (χ1n) is 14.3. The molecule has 0 unspecified atom stereocenters. The molecule has 0 saturated carbocycles. The Bertz CT molecular complexity index is 2310. The molecule has 0 aliphatic rings. The molecular weight excluding hydrogens is 522 g/mol.